The lowest BCUT2D eigenvalue weighted by molar-refractivity contribution is -0.338. The van der Waals surface area contributed by atoms with Gasteiger partial charge in [0.2, 0.25) is 0 Å². The van der Waals surface area contributed by atoms with Crippen molar-refractivity contribution in [2.45, 2.75) is 90.2 Å². The normalized spacial score (nSPS) is 37.3. The SMILES string of the molecule is C=CC1(C)CC(OC(=O)c2ccccc2)C2C(O)(C1=O)C(OC(C)=O)C(O)C1C(C)(C)C(OC(C)=O)C(O)C(OC(=O)c3ccccc3)C12C. The summed E-state index contributed by atoms with van der Waals surface area (Å²) < 4.78 is 23.5. The van der Waals surface area contributed by atoms with Crippen molar-refractivity contribution in [2.75, 3.05) is 0 Å². The van der Waals surface area contributed by atoms with Crippen LogP contribution in [0.5, 0.6) is 0 Å². The van der Waals surface area contributed by atoms with Crippen LogP contribution in [-0.2, 0) is 33.3 Å². The largest absolute Gasteiger partial charge is 0.459 e. The molecule has 0 saturated heterocycles. The van der Waals surface area contributed by atoms with Gasteiger partial charge in [0.05, 0.1) is 22.6 Å². The molecular formula is C38H44O12. The molecule has 3 aliphatic rings. The number of allylic oxidation sites excluding steroid dienone is 1. The van der Waals surface area contributed by atoms with Crippen molar-refractivity contribution in [3.63, 3.8) is 0 Å². The highest BCUT2D eigenvalue weighted by atomic mass is 16.6. The summed E-state index contributed by atoms with van der Waals surface area (Å²) in [6.45, 7) is 12.2. The Morgan fingerprint density at radius 3 is 1.68 bits per heavy atom. The van der Waals surface area contributed by atoms with Gasteiger partial charge in [0.1, 0.15) is 24.4 Å². The van der Waals surface area contributed by atoms with Gasteiger partial charge in [-0.3, -0.25) is 14.4 Å². The number of aliphatic hydroxyl groups is 3. The first-order valence-electron chi connectivity index (χ1n) is 16.5. The first-order valence-corrected chi connectivity index (χ1v) is 16.5. The van der Waals surface area contributed by atoms with Crippen molar-refractivity contribution in [1.82, 2.24) is 0 Å². The fourth-order valence-corrected chi connectivity index (χ4v) is 9.19. The Morgan fingerprint density at radius 2 is 1.20 bits per heavy atom. The first-order chi connectivity index (χ1) is 23.3. The molecule has 268 valence electrons. The van der Waals surface area contributed by atoms with E-state index in [0.29, 0.717) is 0 Å². The van der Waals surface area contributed by atoms with Gasteiger partial charge >= 0.3 is 23.9 Å². The van der Waals surface area contributed by atoms with Crippen LogP contribution < -0.4 is 0 Å². The molecule has 5 rings (SSSR count). The van der Waals surface area contributed by atoms with Crippen molar-refractivity contribution in [2.24, 2.45) is 28.1 Å². The molecule has 2 aromatic rings. The number of rotatable bonds is 7. The van der Waals surface area contributed by atoms with E-state index in [4.69, 9.17) is 18.9 Å². The minimum atomic E-state index is -2.79. The van der Waals surface area contributed by atoms with Gasteiger partial charge in [-0.2, -0.15) is 0 Å². The predicted octanol–water partition coefficient (Wildman–Crippen LogP) is 3.21. The lowest BCUT2D eigenvalue weighted by Crippen LogP contribution is -2.84. The topological polar surface area (TPSA) is 183 Å². The second-order valence-corrected chi connectivity index (χ2v) is 14.7. The van der Waals surface area contributed by atoms with E-state index in [1.54, 1.807) is 50.2 Å². The summed E-state index contributed by atoms with van der Waals surface area (Å²) in [5.41, 5.74) is -7.36. The highest BCUT2D eigenvalue weighted by Crippen LogP contribution is 2.67. The number of hydrogen-bond acceptors (Lipinski definition) is 12. The standard InChI is InChI=1S/C38H44O12/c1-8-36(6)19-24(49-32(43)22-15-11-9-12-16-22)27-37(7)28(25(41)31(48-21(3)40)38(27,46)34(36)45)35(4,5)29(47-20(2)39)26(42)30(37)50-33(44)23-17-13-10-14-18-23/h8-18,24-31,41-42,46H,1,19H2,2-7H3. The third-order valence-electron chi connectivity index (χ3n) is 11.1. The van der Waals surface area contributed by atoms with E-state index < -0.39 is 100.0 Å². The number of esters is 4. The summed E-state index contributed by atoms with van der Waals surface area (Å²) in [5, 5.41) is 37.4. The molecule has 3 saturated carbocycles. The van der Waals surface area contributed by atoms with Gasteiger partial charge in [-0.25, -0.2) is 9.59 Å². The number of fused-ring (bicyclic) bond motifs is 3. The van der Waals surface area contributed by atoms with Crippen LogP contribution in [0.4, 0.5) is 0 Å². The summed E-state index contributed by atoms with van der Waals surface area (Å²) in [7, 11) is 0. The third kappa shape index (κ3) is 5.72. The Hall–Kier alpha value is -4.39. The quantitative estimate of drug-likeness (QED) is 0.219. The molecule has 50 heavy (non-hydrogen) atoms. The van der Waals surface area contributed by atoms with E-state index in [-0.39, 0.29) is 17.5 Å². The van der Waals surface area contributed by atoms with E-state index in [1.807, 2.05) is 0 Å². The second kappa shape index (κ2) is 13.1. The highest BCUT2D eigenvalue weighted by Gasteiger charge is 2.80. The van der Waals surface area contributed by atoms with Gasteiger partial charge in [0, 0.05) is 42.9 Å². The van der Waals surface area contributed by atoms with Crippen LogP contribution in [-0.4, -0.2) is 87.2 Å². The van der Waals surface area contributed by atoms with Crippen LogP contribution in [0.25, 0.3) is 0 Å². The van der Waals surface area contributed by atoms with Crippen LogP contribution in [0, 0.1) is 28.1 Å². The minimum Gasteiger partial charge on any atom is -0.459 e. The van der Waals surface area contributed by atoms with Crippen molar-refractivity contribution >= 4 is 29.7 Å². The maximum Gasteiger partial charge on any atom is 0.338 e. The number of hydrogen-bond donors (Lipinski definition) is 3. The molecule has 12 nitrogen and oxygen atoms in total. The van der Waals surface area contributed by atoms with Crippen molar-refractivity contribution in [1.29, 1.82) is 0 Å². The van der Waals surface area contributed by atoms with Gasteiger partial charge < -0.3 is 34.3 Å². The number of carbonyl (C=O) groups is 5. The van der Waals surface area contributed by atoms with Crippen LogP contribution in [0.2, 0.25) is 0 Å². The molecule has 3 fully saturated rings. The molecule has 11 atom stereocenters. The smallest absolute Gasteiger partial charge is 0.338 e. The number of benzene rings is 2. The van der Waals surface area contributed by atoms with Crippen molar-refractivity contribution in [3.8, 4) is 0 Å². The van der Waals surface area contributed by atoms with Crippen LogP contribution in [0.15, 0.2) is 73.3 Å². The maximum absolute atomic E-state index is 14.7. The number of aliphatic hydroxyl groups excluding tert-OH is 2. The van der Waals surface area contributed by atoms with E-state index in [0.717, 1.165) is 13.8 Å². The third-order valence-corrected chi connectivity index (χ3v) is 11.1. The van der Waals surface area contributed by atoms with Gasteiger partial charge in [0.25, 0.3) is 0 Å². The zero-order valence-corrected chi connectivity index (χ0v) is 28.9. The summed E-state index contributed by atoms with van der Waals surface area (Å²) in [6, 6.07) is 15.9. The monoisotopic (exact) mass is 692 g/mol. The lowest BCUT2D eigenvalue weighted by Gasteiger charge is -2.70. The Labute approximate surface area is 290 Å². The maximum atomic E-state index is 14.7. The van der Waals surface area contributed by atoms with Gasteiger partial charge in [-0.15, -0.1) is 6.58 Å². The molecule has 0 spiro atoms. The molecule has 0 amide bonds. The van der Waals surface area contributed by atoms with Gasteiger partial charge in [-0.1, -0.05) is 63.2 Å². The Kier molecular flexibility index (Phi) is 9.63. The van der Waals surface area contributed by atoms with E-state index >= 15 is 0 Å². The fourth-order valence-electron chi connectivity index (χ4n) is 9.19. The average Bonchev–Trinajstić information content (AvgIpc) is 3.06. The zero-order valence-electron chi connectivity index (χ0n) is 28.9. The molecule has 2 aromatic carbocycles. The van der Waals surface area contributed by atoms with E-state index in [1.165, 1.54) is 44.2 Å². The number of ketones is 1. The molecule has 0 aromatic heterocycles. The Balaban J connectivity index is 1.81. The highest BCUT2D eigenvalue weighted by molar-refractivity contribution is 5.97. The molecule has 0 bridgehead atoms. The van der Waals surface area contributed by atoms with Crippen molar-refractivity contribution < 1.29 is 58.2 Å². The summed E-state index contributed by atoms with van der Waals surface area (Å²) in [4.78, 5) is 67.3. The first kappa shape index (κ1) is 36.9. The van der Waals surface area contributed by atoms with Gasteiger partial charge in [0.15, 0.2) is 17.5 Å². The lowest BCUT2D eigenvalue weighted by atomic mass is 9.38. The summed E-state index contributed by atoms with van der Waals surface area (Å²) in [6.07, 6.45) is -8.99. The summed E-state index contributed by atoms with van der Waals surface area (Å²) in [5.74, 6) is -7.12. The van der Waals surface area contributed by atoms with E-state index in [9.17, 15) is 39.3 Å². The van der Waals surface area contributed by atoms with Gasteiger partial charge in [-0.05, 0) is 31.2 Å². The molecule has 0 aliphatic heterocycles. The predicted molar refractivity (Wildman–Crippen MR) is 176 cm³/mol. The molecule has 0 heterocycles. The number of ether oxygens (including phenoxy) is 4. The number of carbonyl (C=O) groups excluding carboxylic acids is 5. The molecule has 11 unspecified atom stereocenters. The van der Waals surface area contributed by atoms with E-state index in [2.05, 4.69) is 6.58 Å². The second-order valence-electron chi connectivity index (χ2n) is 14.7. The molecule has 0 radical (unpaired) electrons. The number of Topliss-reactive ketones (excluding diaryl/α,β-unsaturated/α-hetero) is 1. The molecule has 12 heteroatoms. The molecular weight excluding hydrogens is 648 g/mol. The molecule has 3 aliphatic carbocycles. The zero-order chi connectivity index (χ0) is 37.0. The van der Waals surface area contributed by atoms with Crippen LogP contribution >= 0.6 is 0 Å². The molecule has 3 N–H and O–H groups in total. The van der Waals surface area contributed by atoms with Crippen LogP contribution in [0.1, 0.15) is 68.7 Å². The fraction of sp³-hybridized carbons (Fsp3) is 0.500. The Morgan fingerprint density at radius 1 is 0.720 bits per heavy atom. The average molecular weight is 693 g/mol. The Bertz CT molecular complexity index is 1670. The van der Waals surface area contributed by atoms with Crippen molar-refractivity contribution in [3.05, 3.63) is 84.4 Å². The minimum absolute atomic E-state index is 0.101. The van der Waals surface area contributed by atoms with Crippen LogP contribution in [0.3, 0.4) is 0 Å². The summed E-state index contributed by atoms with van der Waals surface area (Å²) >= 11 is 0.